The summed E-state index contributed by atoms with van der Waals surface area (Å²) in [4.78, 5) is 13.8. The summed E-state index contributed by atoms with van der Waals surface area (Å²) in [6.07, 6.45) is 1.13. The zero-order chi connectivity index (χ0) is 20.4. The van der Waals surface area contributed by atoms with Gasteiger partial charge in [0, 0.05) is 26.7 Å². The molecule has 152 valence electrons. The molecule has 0 spiro atoms. The van der Waals surface area contributed by atoms with Crippen LogP contribution < -0.4 is 0 Å². The highest BCUT2D eigenvalue weighted by Crippen LogP contribution is 2.26. The summed E-state index contributed by atoms with van der Waals surface area (Å²) >= 11 is 0. The highest BCUT2D eigenvalue weighted by molar-refractivity contribution is 7.89. The van der Waals surface area contributed by atoms with Gasteiger partial charge in [0.25, 0.3) is 0 Å². The van der Waals surface area contributed by atoms with Crippen molar-refractivity contribution < 1.29 is 22.3 Å². The van der Waals surface area contributed by atoms with Gasteiger partial charge in [0.1, 0.15) is 11.4 Å². The van der Waals surface area contributed by atoms with Crippen LogP contribution in [0.3, 0.4) is 0 Å². The fourth-order valence-electron chi connectivity index (χ4n) is 3.24. The number of hydrogen-bond acceptors (Lipinski definition) is 4. The van der Waals surface area contributed by atoms with Crippen LogP contribution >= 0.6 is 0 Å². The molecule has 2 rings (SSSR count). The van der Waals surface area contributed by atoms with Crippen molar-refractivity contribution in [3.05, 3.63) is 29.6 Å². The molecule has 1 aliphatic heterocycles. The van der Waals surface area contributed by atoms with Gasteiger partial charge in [-0.1, -0.05) is 0 Å². The maximum atomic E-state index is 13.3. The summed E-state index contributed by atoms with van der Waals surface area (Å²) in [6, 6.07) is 3.71. The smallest absolute Gasteiger partial charge is 0.410 e. The summed E-state index contributed by atoms with van der Waals surface area (Å²) in [7, 11) is -2.04. The van der Waals surface area contributed by atoms with Crippen molar-refractivity contribution in [2.75, 3.05) is 26.7 Å². The van der Waals surface area contributed by atoms with E-state index in [1.807, 2.05) is 0 Å². The molecular formula is C19H29FN2O4S. The van der Waals surface area contributed by atoms with E-state index in [0.29, 0.717) is 31.6 Å². The second-order valence-electron chi connectivity index (χ2n) is 8.14. The Kier molecular flexibility index (Phi) is 6.52. The average Bonchev–Trinajstić information content (AvgIpc) is 2.53. The Morgan fingerprint density at radius 1 is 1.37 bits per heavy atom. The normalized spacial score (nSPS) is 19.0. The Balaban J connectivity index is 2.08. The Labute approximate surface area is 161 Å². The number of amides is 1. The minimum atomic E-state index is -3.70. The molecule has 0 radical (unpaired) electrons. The number of rotatable bonds is 4. The third kappa shape index (κ3) is 5.65. The van der Waals surface area contributed by atoms with Crippen molar-refractivity contribution in [2.24, 2.45) is 5.92 Å². The molecule has 0 saturated carbocycles. The maximum Gasteiger partial charge on any atom is 0.410 e. The molecule has 1 atom stereocenters. The van der Waals surface area contributed by atoms with E-state index in [0.717, 1.165) is 12.5 Å². The quantitative estimate of drug-likeness (QED) is 0.777. The van der Waals surface area contributed by atoms with E-state index in [1.165, 1.54) is 21.3 Å². The molecule has 8 heteroatoms. The molecule has 1 aromatic carbocycles. The molecule has 1 amide bonds. The largest absolute Gasteiger partial charge is 0.444 e. The lowest BCUT2D eigenvalue weighted by molar-refractivity contribution is 0.0258. The van der Waals surface area contributed by atoms with Crippen LogP contribution in [0.4, 0.5) is 9.18 Å². The first-order valence-corrected chi connectivity index (χ1v) is 10.5. The standard InChI is InChI=1S/C19H29FN2O4S/c1-14-11-16(20)8-9-17(14)27(24,25)22-10-6-7-15(13-22)12-21(5)18(23)26-19(2,3)4/h8-9,11,15H,6-7,10,12-13H2,1-5H3. The van der Waals surface area contributed by atoms with Gasteiger partial charge >= 0.3 is 6.09 Å². The first-order valence-electron chi connectivity index (χ1n) is 9.10. The molecule has 1 heterocycles. The maximum absolute atomic E-state index is 13.3. The first-order chi connectivity index (χ1) is 12.4. The van der Waals surface area contributed by atoms with Crippen LogP contribution in [-0.2, 0) is 14.8 Å². The minimum absolute atomic E-state index is 0.0202. The van der Waals surface area contributed by atoms with Gasteiger partial charge in [0.2, 0.25) is 10.0 Å². The number of piperidine rings is 1. The fraction of sp³-hybridized carbons (Fsp3) is 0.632. The topological polar surface area (TPSA) is 66.9 Å². The highest BCUT2D eigenvalue weighted by atomic mass is 32.2. The van der Waals surface area contributed by atoms with Gasteiger partial charge < -0.3 is 9.64 Å². The number of aryl methyl sites for hydroxylation is 1. The van der Waals surface area contributed by atoms with E-state index in [2.05, 4.69) is 0 Å². The van der Waals surface area contributed by atoms with Gasteiger partial charge in [-0.05, 0) is 70.2 Å². The van der Waals surface area contributed by atoms with E-state index in [9.17, 15) is 17.6 Å². The Hall–Kier alpha value is -1.67. The summed E-state index contributed by atoms with van der Waals surface area (Å²) in [6.45, 7) is 8.17. The number of carbonyl (C=O) groups is 1. The number of nitrogens with zero attached hydrogens (tertiary/aromatic N) is 2. The number of halogens is 1. The predicted molar refractivity (Wildman–Crippen MR) is 101 cm³/mol. The van der Waals surface area contributed by atoms with Crippen molar-refractivity contribution in [2.45, 2.75) is 51.0 Å². The van der Waals surface area contributed by atoms with Crippen LogP contribution in [0.15, 0.2) is 23.1 Å². The Morgan fingerprint density at radius 2 is 2.04 bits per heavy atom. The molecule has 1 fully saturated rings. The summed E-state index contributed by atoms with van der Waals surface area (Å²) in [5, 5.41) is 0. The molecule has 1 aromatic rings. The van der Waals surface area contributed by atoms with Crippen molar-refractivity contribution in [1.82, 2.24) is 9.21 Å². The molecule has 0 aromatic heterocycles. The van der Waals surface area contributed by atoms with E-state index >= 15 is 0 Å². The van der Waals surface area contributed by atoms with Crippen LogP contribution in [-0.4, -0.2) is 56.0 Å². The summed E-state index contributed by atoms with van der Waals surface area (Å²) < 4.78 is 46.0. The molecule has 0 N–H and O–H groups in total. The van der Waals surface area contributed by atoms with Crippen LogP contribution in [0.2, 0.25) is 0 Å². The van der Waals surface area contributed by atoms with Crippen molar-refractivity contribution in [3.63, 3.8) is 0 Å². The van der Waals surface area contributed by atoms with Gasteiger partial charge in [0.15, 0.2) is 0 Å². The van der Waals surface area contributed by atoms with Gasteiger partial charge in [-0.15, -0.1) is 0 Å². The zero-order valence-corrected chi connectivity index (χ0v) is 17.5. The van der Waals surface area contributed by atoms with Crippen molar-refractivity contribution in [1.29, 1.82) is 0 Å². The number of ether oxygens (including phenoxy) is 1. The van der Waals surface area contributed by atoms with E-state index in [1.54, 1.807) is 34.7 Å². The SMILES string of the molecule is Cc1cc(F)ccc1S(=O)(=O)N1CCCC(CN(C)C(=O)OC(C)(C)C)C1. The van der Waals surface area contributed by atoms with E-state index in [4.69, 9.17) is 4.74 Å². The third-order valence-corrected chi connectivity index (χ3v) is 6.50. The first kappa shape index (κ1) is 21.6. The molecule has 0 bridgehead atoms. The zero-order valence-electron chi connectivity index (χ0n) is 16.7. The Bertz CT molecular complexity index is 789. The molecule has 1 aliphatic rings. The minimum Gasteiger partial charge on any atom is -0.444 e. The molecule has 6 nitrogen and oxygen atoms in total. The van der Waals surface area contributed by atoms with Crippen molar-refractivity contribution in [3.8, 4) is 0 Å². The average molecular weight is 401 g/mol. The van der Waals surface area contributed by atoms with Gasteiger partial charge in [-0.2, -0.15) is 4.31 Å². The van der Waals surface area contributed by atoms with Gasteiger partial charge in [0.05, 0.1) is 4.90 Å². The van der Waals surface area contributed by atoms with Crippen LogP contribution in [0, 0.1) is 18.7 Å². The monoisotopic (exact) mass is 400 g/mol. The highest BCUT2D eigenvalue weighted by Gasteiger charge is 2.32. The Morgan fingerprint density at radius 3 is 2.63 bits per heavy atom. The van der Waals surface area contributed by atoms with Gasteiger partial charge in [-0.3, -0.25) is 0 Å². The van der Waals surface area contributed by atoms with Crippen LogP contribution in [0.25, 0.3) is 0 Å². The fourth-order valence-corrected chi connectivity index (χ4v) is 5.00. The summed E-state index contributed by atoms with van der Waals surface area (Å²) in [5.41, 5.74) is -0.184. The molecule has 1 unspecified atom stereocenters. The number of benzene rings is 1. The second kappa shape index (κ2) is 8.14. The molecule has 27 heavy (non-hydrogen) atoms. The van der Waals surface area contributed by atoms with Crippen LogP contribution in [0.5, 0.6) is 0 Å². The molecule has 1 saturated heterocycles. The molecule has 0 aliphatic carbocycles. The number of carbonyl (C=O) groups excluding carboxylic acids is 1. The predicted octanol–water partition coefficient (Wildman–Crippen LogP) is 3.40. The second-order valence-corrected chi connectivity index (χ2v) is 10.0. The van der Waals surface area contributed by atoms with Gasteiger partial charge in [-0.25, -0.2) is 17.6 Å². The lowest BCUT2D eigenvalue weighted by atomic mass is 9.99. The van der Waals surface area contributed by atoms with Crippen molar-refractivity contribution >= 4 is 16.1 Å². The van der Waals surface area contributed by atoms with E-state index < -0.39 is 27.5 Å². The van der Waals surface area contributed by atoms with Crippen LogP contribution in [0.1, 0.15) is 39.2 Å². The third-order valence-electron chi connectivity index (χ3n) is 4.47. The number of hydrogen-bond donors (Lipinski definition) is 0. The van der Waals surface area contributed by atoms with E-state index in [-0.39, 0.29) is 10.8 Å². The lowest BCUT2D eigenvalue weighted by Gasteiger charge is -2.34. The summed E-state index contributed by atoms with van der Waals surface area (Å²) in [5.74, 6) is -0.436. The lowest BCUT2D eigenvalue weighted by Crippen LogP contribution is -2.45. The molecular weight excluding hydrogens is 371 g/mol. The number of sulfonamides is 1.